The normalized spacial score (nSPS) is 11.4. The van der Waals surface area contributed by atoms with E-state index >= 15 is 0 Å². The number of nitrogens with one attached hydrogen (secondary N) is 1. The Morgan fingerprint density at radius 1 is 1.50 bits per heavy atom. The Bertz CT molecular complexity index is 613. The number of carbonyl (C=O) groups is 1. The highest BCUT2D eigenvalue weighted by Crippen LogP contribution is 2.12. The molecule has 2 aromatic heterocycles. The molecule has 20 heavy (non-hydrogen) atoms. The molecule has 0 atom stereocenters. The van der Waals surface area contributed by atoms with Crippen LogP contribution in [0.4, 0.5) is 5.82 Å². The number of halogens is 1. The van der Waals surface area contributed by atoms with Gasteiger partial charge < -0.3 is 9.73 Å². The molecule has 106 valence electrons. The highest BCUT2D eigenvalue weighted by molar-refractivity contribution is 14.1. The van der Waals surface area contributed by atoms with Crippen LogP contribution in [0.15, 0.2) is 34.9 Å². The molecule has 0 saturated heterocycles. The zero-order chi connectivity index (χ0) is 14.5. The van der Waals surface area contributed by atoms with Crippen LogP contribution in [-0.2, 0) is 11.3 Å². The van der Waals surface area contributed by atoms with Gasteiger partial charge in [-0.1, -0.05) is 13.8 Å². The maximum Gasteiger partial charge on any atom is 0.249 e. The summed E-state index contributed by atoms with van der Waals surface area (Å²) in [5, 5.41) is 6.99. The molecule has 1 amide bonds. The van der Waals surface area contributed by atoms with Crippen molar-refractivity contribution in [1.29, 1.82) is 0 Å². The van der Waals surface area contributed by atoms with Gasteiger partial charge in [0.2, 0.25) is 5.91 Å². The van der Waals surface area contributed by atoms with Crippen LogP contribution in [0.3, 0.4) is 0 Å². The van der Waals surface area contributed by atoms with Crippen molar-refractivity contribution in [2.45, 2.75) is 20.4 Å². The van der Waals surface area contributed by atoms with Crippen molar-refractivity contribution in [2.75, 3.05) is 5.32 Å². The number of anilines is 1. The third kappa shape index (κ3) is 4.22. The maximum absolute atomic E-state index is 11.8. The van der Waals surface area contributed by atoms with Gasteiger partial charge in [0.25, 0.3) is 0 Å². The molecule has 0 bridgehead atoms. The second-order valence-corrected chi connectivity index (χ2v) is 5.82. The van der Waals surface area contributed by atoms with Gasteiger partial charge in [-0.15, -0.1) is 0 Å². The van der Waals surface area contributed by atoms with Crippen LogP contribution in [0.2, 0.25) is 0 Å². The molecule has 0 aromatic carbocycles. The molecule has 2 rings (SSSR count). The molecule has 1 N–H and O–H groups in total. The van der Waals surface area contributed by atoms with Crippen LogP contribution in [0.1, 0.15) is 19.6 Å². The minimum Gasteiger partial charge on any atom is -0.451 e. The Morgan fingerprint density at radius 3 is 2.95 bits per heavy atom. The lowest BCUT2D eigenvalue weighted by Crippen LogP contribution is -2.15. The van der Waals surface area contributed by atoms with E-state index in [1.807, 2.05) is 12.1 Å². The van der Waals surface area contributed by atoms with Crippen molar-refractivity contribution in [3.8, 4) is 0 Å². The number of aromatic nitrogens is 2. The highest BCUT2D eigenvalue weighted by Gasteiger charge is 2.06. The molecule has 5 nitrogen and oxygen atoms in total. The van der Waals surface area contributed by atoms with Gasteiger partial charge in [-0.3, -0.25) is 4.79 Å². The van der Waals surface area contributed by atoms with Gasteiger partial charge in [0.15, 0.2) is 3.77 Å². The number of furan rings is 1. The first-order valence-electron chi connectivity index (χ1n) is 6.31. The van der Waals surface area contributed by atoms with Crippen LogP contribution in [0, 0.1) is 9.68 Å². The van der Waals surface area contributed by atoms with Crippen molar-refractivity contribution in [3.63, 3.8) is 0 Å². The Hall–Kier alpha value is -1.57. The summed E-state index contributed by atoms with van der Waals surface area (Å²) in [6, 6.07) is 5.44. The number of carbonyl (C=O) groups excluding carboxylic acids is 1. The summed E-state index contributed by atoms with van der Waals surface area (Å²) < 4.78 is 7.92. The standard InChI is InChI=1S/C14H16IN3O2/c1-10(2)9-18-13(7-8-16-18)17-14(19)6-4-11-3-5-12(15)20-11/h3-8,10H,9H2,1-2H3,(H,17,19)/b6-4+. The Balaban J connectivity index is 1.98. The Kier molecular flexibility index (Phi) is 4.99. The molecule has 6 heteroatoms. The van der Waals surface area contributed by atoms with Gasteiger partial charge in [0.1, 0.15) is 11.6 Å². The molecular formula is C14H16IN3O2. The van der Waals surface area contributed by atoms with Crippen molar-refractivity contribution >= 4 is 40.4 Å². The molecule has 0 saturated carbocycles. The first-order valence-corrected chi connectivity index (χ1v) is 7.38. The monoisotopic (exact) mass is 385 g/mol. The molecule has 0 aliphatic rings. The highest BCUT2D eigenvalue weighted by atomic mass is 127. The van der Waals surface area contributed by atoms with Crippen LogP contribution in [-0.4, -0.2) is 15.7 Å². The van der Waals surface area contributed by atoms with Crippen LogP contribution in [0.5, 0.6) is 0 Å². The quantitative estimate of drug-likeness (QED) is 0.634. The average molecular weight is 385 g/mol. The summed E-state index contributed by atoms with van der Waals surface area (Å²) in [7, 11) is 0. The number of hydrogen-bond acceptors (Lipinski definition) is 3. The van der Waals surface area contributed by atoms with E-state index in [1.165, 1.54) is 6.08 Å². The number of amides is 1. The Morgan fingerprint density at radius 2 is 2.30 bits per heavy atom. The predicted octanol–water partition coefficient (Wildman–Crippen LogP) is 3.39. The lowest BCUT2D eigenvalue weighted by Gasteiger charge is -2.09. The van der Waals surface area contributed by atoms with Crippen molar-refractivity contribution < 1.29 is 9.21 Å². The lowest BCUT2D eigenvalue weighted by atomic mass is 10.2. The zero-order valence-corrected chi connectivity index (χ0v) is 13.5. The molecule has 0 aliphatic heterocycles. The molecular weight excluding hydrogens is 369 g/mol. The molecule has 0 radical (unpaired) electrons. The summed E-state index contributed by atoms with van der Waals surface area (Å²) in [6.07, 6.45) is 4.76. The average Bonchev–Trinajstić information content (AvgIpc) is 2.96. The van der Waals surface area contributed by atoms with Gasteiger partial charge >= 0.3 is 0 Å². The topological polar surface area (TPSA) is 60.1 Å². The molecule has 0 aliphatic carbocycles. The molecule has 0 fully saturated rings. The van der Waals surface area contributed by atoms with E-state index in [-0.39, 0.29) is 5.91 Å². The molecule has 2 aromatic rings. The van der Waals surface area contributed by atoms with Crippen LogP contribution < -0.4 is 5.32 Å². The summed E-state index contributed by atoms with van der Waals surface area (Å²) in [5.74, 6) is 1.61. The van der Waals surface area contributed by atoms with E-state index < -0.39 is 0 Å². The summed E-state index contributed by atoms with van der Waals surface area (Å²) in [4.78, 5) is 11.8. The smallest absolute Gasteiger partial charge is 0.249 e. The minimum atomic E-state index is -0.207. The second-order valence-electron chi connectivity index (χ2n) is 4.76. The maximum atomic E-state index is 11.8. The minimum absolute atomic E-state index is 0.207. The lowest BCUT2D eigenvalue weighted by molar-refractivity contribution is -0.111. The van der Waals surface area contributed by atoms with E-state index in [4.69, 9.17) is 4.42 Å². The SMILES string of the molecule is CC(C)Cn1nccc1NC(=O)/C=C/c1ccc(I)o1. The van der Waals surface area contributed by atoms with Crippen LogP contribution >= 0.6 is 22.6 Å². The zero-order valence-electron chi connectivity index (χ0n) is 11.3. The fourth-order valence-electron chi connectivity index (χ4n) is 1.67. The van der Waals surface area contributed by atoms with Gasteiger partial charge in [0, 0.05) is 18.7 Å². The molecule has 0 unspecified atom stereocenters. The number of hydrogen-bond donors (Lipinski definition) is 1. The van der Waals surface area contributed by atoms with E-state index in [2.05, 4.69) is 46.9 Å². The molecule has 2 heterocycles. The van der Waals surface area contributed by atoms with Gasteiger partial charge in [-0.25, -0.2) is 4.68 Å². The summed E-state index contributed by atoms with van der Waals surface area (Å²) in [5.41, 5.74) is 0. The van der Waals surface area contributed by atoms with E-state index in [0.717, 1.165) is 10.3 Å². The van der Waals surface area contributed by atoms with Crippen molar-refractivity contribution in [3.05, 3.63) is 40.0 Å². The van der Waals surface area contributed by atoms with Crippen molar-refractivity contribution in [1.82, 2.24) is 9.78 Å². The van der Waals surface area contributed by atoms with Gasteiger partial charge in [-0.05, 0) is 46.7 Å². The van der Waals surface area contributed by atoms with Crippen molar-refractivity contribution in [2.24, 2.45) is 5.92 Å². The fourth-order valence-corrected chi connectivity index (χ4v) is 2.11. The van der Waals surface area contributed by atoms with E-state index in [1.54, 1.807) is 23.0 Å². The van der Waals surface area contributed by atoms with Gasteiger partial charge in [0.05, 0.1) is 6.20 Å². The fraction of sp³-hybridized carbons (Fsp3) is 0.286. The first kappa shape index (κ1) is 14.8. The predicted molar refractivity (Wildman–Crippen MR) is 86.2 cm³/mol. The van der Waals surface area contributed by atoms with E-state index in [0.29, 0.717) is 17.5 Å². The summed E-state index contributed by atoms with van der Waals surface area (Å²) >= 11 is 2.08. The van der Waals surface area contributed by atoms with Gasteiger partial charge in [-0.2, -0.15) is 5.10 Å². The van der Waals surface area contributed by atoms with E-state index in [9.17, 15) is 4.79 Å². The largest absolute Gasteiger partial charge is 0.451 e. The summed E-state index contributed by atoms with van der Waals surface area (Å²) in [6.45, 7) is 4.97. The van der Waals surface area contributed by atoms with Crippen LogP contribution in [0.25, 0.3) is 6.08 Å². The number of nitrogens with zero attached hydrogens (tertiary/aromatic N) is 2. The molecule has 0 spiro atoms. The third-order valence-corrected chi connectivity index (χ3v) is 3.08. The number of rotatable bonds is 5. The second kappa shape index (κ2) is 6.74. The third-order valence-electron chi connectivity index (χ3n) is 2.50. The Labute approximate surface area is 131 Å². The first-order chi connectivity index (χ1) is 9.54.